The Kier molecular flexibility index (Phi) is 4.85. The molecule has 0 bridgehead atoms. The Morgan fingerprint density at radius 3 is 2.20 bits per heavy atom. The molecule has 0 aliphatic rings. The van der Waals surface area contributed by atoms with Crippen LogP contribution >= 0.6 is 0 Å². The molecule has 0 aliphatic carbocycles. The van der Waals surface area contributed by atoms with Crippen molar-refractivity contribution in [3.05, 3.63) is 133 Å². The van der Waals surface area contributed by atoms with Gasteiger partial charge in [-0.25, -0.2) is 0 Å². The molecule has 5 aromatic carbocycles. The summed E-state index contributed by atoms with van der Waals surface area (Å²) in [5.41, 5.74) is 9.25. The lowest BCUT2D eigenvalue weighted by atomic mass is 9.94. The van der Waals surface area contributed by atoms with Crippen LogP contribution in [0, 0.1) is 11.3 Å². The minimum Gasteiger partial charge on any atom is -0.455 e. The molecule has 186 valence electrons. The molecular weight excluding hydrogens is 490 g/mol. The number of hydrogen-bond acceptors (Lipinski definition) is 3. The normalized spacial score (nSPS) is 11.5. The summed E-state index contributed by atoms with van der Waals surface area (Å²) < 4.78 is 8.81. The molecule has 0 fully saturated rings. The molecule has 4 heteroatoms. The summed E-state index contributed by atoms with van der Waals surface area (Å²) in [7, 11) is 0. The second-order valence-corrected chi connectivity index (χ2v) is 9.86. The molecule has 0 aliphatic heterocycles. The Hall–Kier alpha value is -5.66. The topological polar surface area (TPSA) is 54.8 Å². The number of hydrogen-bond donors (Lipinski definition) is 0. The van der Waals surface area contributed by atoms with Crippen molar-refractivity contribution in [1.82, 2.24) is 9.55 Å². The van der Waals surface area contributed by atoms with E-state index in [2.05, 4.69) is 94.5 Å². The molecule has 0 radical (unpaired) electrons. The Morgan fingerprint density at radius 1 is 0.600 bits per heavy atom. The van der Waals surface area contributed by atoms with Crippen molar-refractivity contribution in [3.8, 4) is 34.1 Å². The van der Waals surface area contributed by atoms with Gasteiger partial charge in [0.05, 0.1) is 33.4 Å². The second-order valence-electron chi connectivity index (χ2n) is 9.86. The summed E-state index contributed by atoms with van der Waals surface area (Å²) in [6.45, 7) is 0. The fourth-order valence-electron chi connectivity index (χ4n) is 6.03. The average molecular weight is 512 g/mol. The number of rotatable bonds is 3. The zero-order valence-electron chi connectivity index (χ0n) is 21.4. The first-order chi connectivity index (χ1) is 19.8. The fraction of sp³-hybridized carbons (Fsp3) is 0. The molecule has 8 rings (SSSR count). The lowest BCUT2D eigenvalue weighted by Crippen LogP contribution is -1.99. The summed E-state index contributed by atoms with van der Waals surface area (Å²) in [6, 6.07) is 43.6. The van der Waals surface area contributed by atoms with Gasteiger partial charge in [-0.2, -0.15) is 5.26 Å². The lowest BCUT2D eigenvalue weighted by molar-refractivity contribution is 0.673. The minimum absolute atomic E-state index is 0.552. The maximum Gasteiger partial charge on any atom is 0.145 e. The predicted octanol–water partition coefficient (Wildman–Crippen LogP) is 9.28. The van der Waals surface area contributed by atoms with Gasteiger partial charge in [-0.3, -0.25) is 4.98 Å². The number of fused-ring (bicyclic) bond motifs is 7. The predicted molar refractivity (Wildman–Crippen MR) is 161 cm³/mol. The summed E-state index contributed by atoms with van der Waals surface area (Å²) in [5, 5.41) is 14.3. The van der Waals surface area contributed by atoms with Crippen LogP contribution < -0.4 is 0 Å². The van der Waals surface area contributed by atoms with Crippen molar-refractivity contribution in [1.29, 1.82) is 5.26 Å². The summed E-state index contributed by atoms with van der Waals surface area (Å²) in [6.07, 6.45) is 1.74. The van der Waals surface area contributed by atoms with Crippen molar-refractivity contribution in [2.24, 2.45) is 0 Å². The standard InChI is InChI=1S/C36H21N3O/c37-22-23-10-9-21-38-35(23)27-14-2-1-11-24(27)25-12-3-6-16-30(25)39-31-17-7-4-15-29(31)34-32(39)20-19-28-26-13-5-8-18-33(26)40-36(28)34/h1-21H. The van der Waals surface area contributed by atoms with E-state index in [1.54, 1.807) is 12.3 Å². The SMILES string of the molecule is N#Cc1cccnc1-c1ccccc1-c1ccccc1-n1c2ccccc2c2c3oc4ccccc4c3ccc21. The van der Waals surface area contributed by atoms with Gasteiger partial charge in [-0.1, -0.05) is 78.9 Å². The highest BCUT2D eigenvalue weighted by Gasteiger charge is 2.21. The van der Waals surface area contributed by atoms with E-state index in [4.69, 9.17) is 4.42 Å². The Balaban J connectivity index is 1.47. The number of nitriles is 1. The highest BCUT2D eigenvalue weighted by molar-refractivity contribution is 6.24. The first-order valence-electron chi connectivity index (χ1n) is 13.2. The second kappa shape index (κ2) is 8.69. The van der Waals surface area contributed by atoms with Gasteiger partial charge in [-0.15, -0.1) is 0 Å². The zero-order valence-corrected chi connectivity index (χ0v) is 21.4. The number of furan rings is 1. The lowest BCUT2D eigenvalue weighted by Gasteiger charge is -2.17. The maximum absolute atomic E-state index is 9.82. The summed E-state index contributed by atoms with van der Waals surface area (Å²) >= 11 is 0. The first-order valence-corrected chi connectivity index (χ1v) is 13.2. The molecule has 0 saturated heterocycles. The van der Waals surface area contributed by atoms with Gasteiger partial charge < -0.3 is 8.98 Å². The summed E-state index contributed by atoms with van der Waals surface area (Å²) in [4.78, 5) is 4.61. The number of benzene rings is 5. The maximum atomic E-state index is 9.82. The largest absolute Gasteiger partial charge is 0.455 e. The van der Waals surface area contributed by atoms with Crippen LogP contribution in [-0.4, -0.2) is 9.55 Å². The van der Waals surface area contributed by atoms with E-state index >= 15 is 0 Å². The highest BCUT2D eigenvalue weighted by atomic mass is 16.3. The van der Waals surface area contributed by atoms with Crippen LogP contribution in [0.4, 0.5) is 0 Å². The smallest absolute Gasteiger partial charge is 0.145 e. The number of nitrogens with zero attached hydrogens (tertiary/aromatic N) is 3. The molecule has 3 heterocycles. The van der Waals surface area contributed by atoms with E-state index in [0.717, 1.165) is 66.1 Å². The van der Waals surface area contributed by atoms with Gasteiger partial charge in [0.2, 0.25) is 0 Å². The van der Waals surface area contributed by atoms with Crippen LogP contribution in [0.5, 0.6) is 0 Å². The molecule has 0 amide bonds. The quantitative estimate of drug-likeness (QED) is 0.237. The molecule has 8 aromatic rings. The van der Waals surface area contributed by atoms with E-state index in [1.165, 1.54) is 0 Å². The Morgan fingerprint density at radius 2 is 1.32 bits per heavy atom. The molecule has 4 nitrogen and oxygen atoms in total. The van der Waals surface area contributed by atoms with E-state index in [1.807, 2.05) is 36.4 Å². The summed E-state index contributed by atoms with van der Waals surface area (Å²) in [5.74, 6) is 0. The van der Waals surface area contributed by atoms with Crippen molar-refractivity contribution in [2.45, 2.75) is 0 Å². The van der Waals surface area contributed by atoms with E-state index in [0.29, 0.717) is 11.3 Å². The third-order valence-electron chi connectivity index (χ3n) is 7.73. The molecule has 40 heavy (non-hydrogen) atoms. The van der Waals surface area contributed by atoms with Crippen molar-refractivity contribution >= 4 is 43.7 Å². The van der Waals surface area contributed by atoms with Crippen LogP contribution in [0.1, 0.15) is 5.56 Å². The third-order valence-corrected chi connectivity index (χ3v) is 7.73. The van der Waals surface area contributed by atoms with Gasteiger partial charge in [0, 0.05) is 33.5 Å². The van der Waals surface area contributed by atoms with E-state index < -0.39 is 0 Å². The van der Waals surface area contributed by atoms with Crippen molar-refractivity contribution in [2.75, 3.05) is 0 Å². The number of aromatic nitrogens is 2. The highest BCUT2D eigenvalue weighted by Crippen LogP contribution is 2.43. The fourth-order valence-corrected chi connectivity index (χ4v) is 6.03. The van der Waals surface area contributed by atoms with Crippen LogP contribution in [0.3, 0.4) is 0 Å². The van der Waals surface area contributed by atoms with Crippen LogP contribution in [-0.2, 0) is 0 Å². The van der Waals surface area contributed by atoms with Crippen molar-refractivity contribution < 1.29 is 4.42 Å². The molecule has 0 atom stereocenters. The molecule has 0 N–H and O–H groups in total. The Bertz CT molecular complexity index is 2300. The molecule has 3 aromatic heterocycles. The van der Waals surface area contributed by atoms with Crippen LogP contribution in [0.2, 0.25) is 0 Å². The number of para-hydroxylation sites is 3. The number of pyridine rings is 1. The van der Waals surface area contributed by atoms with Gasteiger partial charge in [0.1, 0.15) is 17.2 Å². The van der Waals surface area contributed by atoms with Gasteiger partial charge in [0.15, 0.2) is 0 Å². The molecular formula is C36H21N3O. The third kappa shape index (κ3) is 3.15. The molecule has 0 saturated carbocycles. The van der Waals surface area contributed by atoms with Crippen LogP contribution in [0.25, 0.3) is 71.8 Å². The molecule has 0 unspecified atom stereocenters. The van der Waals surface area contributed by atoms with Gasteiger partial charge in [0.25, 0.3) is 0 Å². The van der Waals surface area contributed by atoms with Crippen molar-refractivity contribution in [3.63, 3.8) is 0 Å². The zero-order chi connectivity index (χ0) is 26.6. The first kappa shape index (κ1) is 22.3. The monoisotopic (exact) mass is 511 g/mol. The van der Waals surface area contributed by atoms with E-state index in [9.17, 15) is 5.26 Å². The molecule has 0 spiro atoms. The van der Waals surface area contributed by atoms with Crippen LogP contribution in [0.15, 0.2) is 132 Å². The van der Waals surface area contributed by atoms with E-state index in [-0.39, 0.29) is 0 Å². The average Bonchev–Trinajstić information content (AvgIpc) is 3.57. The minimum atomic E-state index is 0.552. The van der Waals surface area contributed by atoms with Gasteiger partial charge >= 0.3 is 0 Å². The Labute approximate surface area is 230 Å². The van der Waals surface area contributed by atoms with Gasteiger partial charge in [-0.05, 0) is 48.0 Å².